The number of piperazine rings is 3. The van der Waals surface area contributed by atoms with Crippen molar-refractivity contribution in [3.05, 3.63) is 236 Å². The van der Waals surface area contributed by atoms with Crippen LogP contribution in [-0.2, 0) is 14.4 Å². The molecule has 15 rings (SSSR count). The number of aryl methyl sites for hydroxylation is 1. The zero-order valence-electron chi connectivity index (χ0n) is 73.2. The molecule has 3 aromatic carbocycles. The Labute approximate surface area is 747 Å². The molecule has 2 N–H and O–H groups in total. The normalized spacial score (nSPS) is 16.6. The number of hydrogen-bond acceptors (Lipinski definition) is 23. The van der Waals surface area contributed by atoms with Gasteiger partial charge in [-0.25, -0.2) is 74.4 Å². The van der Waals surface area contributed by atoms with Gasteiger partial charge in [-0.3, -0.25) is 24.4 Å². The van der Waals surface area contributed by atoms with Gasteiger partial charge in [-0.2, -0.15) is 15.0 Å². The number of thioether (sulfide) groups is 3. The molecule has 9 aromatic heterocycles. The van der Waals surface area contributed by atoms with E-state index >= 15 is 17.6 Å². The quantitative estimate of drug-likeness (QED) is 0.0458. The number of rotatable bonds is 18. The van der Waals surface area contributed by atoms with Crippen LogP contribution in [-0.4, -0.2) is 196 Å². The second-order valence-electron chi connectivity index (χ2n) is 32.3. The Kier molecular flexibility index (Phi) is 27.9. The molecular formula is C93H96F6N18O8S3. The number of phenols is 2. The summed E-state index contributed by atoms with van der Waals surface area (Å²) in [5.41, 5.74) is 0.549. The summed E-state index contributed by atoms with van der Waals surface area (Å²) < 4.78 is 97.1. The molecular weight excluding hydrogens is 1710 g/mol. The number of aromatic nitrogens is 12. The second kappa shape index (κ2) is 38.4. The van der Waals surface area contributed by atoms with E-state index in [1.165, 1.54) is 116 Å². The molecule has 3 aliphatic heterocycles. The Hall–Kier alpha value is -12.8. The van der Waals surface area contributed by atoms with Crippen molar-refractivity contribution in [2.45, 2.75) is 146 Å². The first-order valence-corrected chi connectivity index (χ1v) is 45.0. The second-order valence-corrected chi connectivity index (χ2v) is 34.8. The molecule has 0 aliphatic carbocycles. The number of phenolic OH excluding ortho intramolecular Hbond substituents is 2. The van der Waals surface area contributed by atoms with E-state index in [0.29, 0.717) is 89.6 Å². The lowest BCUT2D eigenvalue weighted by atomic mass is 10.0. The van der Waals surface area contributed by atoms with Gasteiger partial charge < -0.3 is 39.6 Å². The predicted molar refractivity (Wildman–Crippen MR) is 490 cm³/mol. The van der Waals surface area contributed by atoms with E-state index in [-0.39, 0.29) is 122 Å². The van der Waals surface area contributed by atoms with Gasteiger partial charge in [0.15, 0.2) is 34.4 Å². The SMILES string of the molecule is C=CC(=O)N1CCN(c2nc(=O)n(-c3c(C)ccnc3C(C)C)c3nc(-c4c(F)cccc4SC)c(F)cc23)[C@@H](C)C1.C=CC(=O)N1C[C@H](C)N(c2nc(=O)n(-c3c(C(C)C)ccnc3SC)c3nc(-c4c(O)cccc4F)c(F)cc23)C[C@H]1C.C=CC(=O)N1C[C@H](C)N(c2nc(=O)n(-c3c(SC)ccnc3C(C)C)c3nc(-c4c(O)cccc4F)c(F)cc23)C[C@H]1C. The van der Waals surface area contributed by atoms with Crippen molar-refractivity contribution in [2.75, 3.05) is 79.3 Å². The lowest BCUT2D eigenvalue weighted by molar-refractivity contribution is -0.129. The van der Waals surface area contributed by atoms with Crippen LogP contribution in [0.25, 0.3) is 83.9 Å². The van der Waals surface area contributed by atoms with Crippen molar-refractivity contribution >= 4 is 104 Å². The average Bonchev–Trinajstić information content (AvgIpc) is 0.737. The number of fused-ring (bicyclic) bond motifs is 3. The maximum atomic E-state index is 16.0. The molecule has 3 saturated heterocycles. The number of halogens is 6. The van der Waals surface area contributed by atoms with Crippen molar-refractivity contribution in [3.8, 4) is 62.3 Å². The fourth-order valence-corrected chi connectivity index (χ4v) is 18.4. The molecule has 128 heavy (non-hydrogen) atoms. The minimum atomic E-state index is -0.900. The first-order chi connectivity index (χ1) is 61.0. The molecule has 0 radical (unpaired) electrons. The van der Waals surface area contributed by atoms with E-state index in [9.17, 15) is 47.8 Å². The van der Waals surface area contributed by atoms with Gasteiger partial charge in [-0.15, -0.1) is 35.3 Å². The number of nitrogens with zero attached hydrogens (tertiary/aromatic N) is 18. The molecule has 12 heterocycles. The zero-order valence-corrected chi connectivity index (χ0v) is 75.7. The molecule has 3 aliphatic rings. The largest absolute Gasteiger partial charge is 0.507 e. The standard InChI is InChI=1S/2C31H32F2N6O3S.C31H32F2N6O2S/c1-7-24(41)37-14-18(5)38(15-17(37)4)29-19-13-21(33)27(25-20(32)9-8-10-22(25)40)35-30(19)39(31(42)36-29)28-23(43-6)11-12-34-26(28)16(2)3;1-7-24(41)37-14-18(5)38(15-17(37)4)28-20-13-22(33)26(25-21(32)9-8-10-23(25)40)35-29(20)39(31(42)36-28)27-19(16(2)3)11-12-34-30(27)43-6;1-7-24(40)37-13-14-38(19(5)16-37)29-20-15-22(33)27(25-21(32)9-8-10-23(25)42-6)35-30(20)39(31(41)36-29)28-18(4)11-12-34-26(28)17(2)3/h2*7-13,16-18,40H,1,14-15H2,2-6H3;7-12,15,17,19H,1,13-14,16H2,2-6H3/t2*17-,18+;19-/m110/s1. The first kappa shape index (κ1) is 92.9. The lowest BCUT2D eigenvalue weighted by Crippen LogP contribution is -2.58. The number of carbonyl (C=O) groups excluding carboxylic acids is 3. The van der Waals surface area contributed by atoms with Gasteiger partial charge in [-0.1, -0.05) is 79.5 Å². The Morgan fingerprint density at radius 2 is 0.828 bits per heavy atom. The highest BCUT2D eigenvalue weighted by atomic mass is 32.2. The number of amides is 3. The fourth-order valence-electron chi connectivity index (χ4n) is 16.6. The lowest BCUT2D eigenvalue weighted by Gasteiger charge is -2.44. The topological polar surface area (TPSA) is 293 Å². The van der Waals surface area contributed by atoms with Gasteiger partial charge in [0.05, 0.1) is 61.3 Å². The number of carbonyl (C=O) groups is 3. The number of hydrogen-bond donors (Lipinski definition) is 2. The van der Waals surface area contributed by atoms with Gasteiger partial charge in [0.2, 0.25) is 17.7 Å². The molecule has 3 fully saturated rings. The molecule has 0 spiro atoms. The highest BCUT2D eigenvalue weighted by molar-refractivity contribution is 7.99. The third-order valence-corrected chi connectivity index (χ3v) is 25.1. The summed E-state index contributed by atoms with van der Waals surface area (Å²) in [6.07, 6.45) is 14.2. The summed E-state index contributed by atoms with van der Waals surface area (Å²) in [5, 5.41) is 22.3. The van der Waals surface area contributed by atoms with Crippen LogP contribution < -0.4 is 31.8 Å². The zero-order chi connectivity index (χ0) is 92.6. The minimum absolute atomic E-state index is 0.0265. The Bertz CT molecular complexity index is 6330. The monoisotopic (exact) mass is 1800 g/mol. The van der Waals surface area contributed by atoms with Crippen LogP contribution in [0.5, 0.6) is 11.5 Å². The summed E-state index contributed by atoms with van der Waals surface area (Å²) in [7, 11) is 0. The number of aromatic hydroxyl groups is 2. The summed E-state index contributed by atoms with van der Waals surface area (Å²) in [6.45, 7) is 36.2. The van der Waals surface area contributed by atoms with Crippen molar-refractivity contribution in [1.29, 1.82) is 0 Å². The van der Waals surface area contributed by atoms with Crippen molar-refractivity contribution in [2.24, 2.45) is 0 Å². The molecule has 0 saturated carbocycles. The van der Waals surface area contributed by atoms with E-state index in [4.69, 9.17) is 4.98 Å². The Morgan fingerprint density at radius 1 is 0.430 bits per heavy atom. The van der Waals surface area contributed by atoms with Gasteiger partial charge >= 0.3 is 17.1 Å². The molecule has 12 aromatic rings. The maximum Gasteiger partial charge on any atom is 0.355 e. The smallest absolute Gasteiger partial charge is 0.355 e. The molecule has 666 valence electrons. The van der Waals surface area contributed by atoms with E-state index in [1.807, 2.05) is 110 Å². The van der Waals surface area contributed by atoms with Crippen molar-refractivity contribution in [1.82, 2.24) is 73.3 Å². The van der Waals surface area contributed by atoms with Gasteiger partial charge in [-0.05, 0) is 180 Å². The third kappa shape index (κ3) is 17.7. The van der Waals surface area contributed by atoms with E-state index in [0.717, 1.165) is 28.2 Å². The third-order valence-electron chi connectivity index (χ3n) is 22.9. The molecule has 26 nitrogen and oxygen atoms in total. The highest BCUT2D eigenvalue weighted by Gasteiger charge is 2.39. The molecule has 35 heteroatoms. The molecule has 0 unspecified atom stereocenters. The van der Waals surface area contributed by atoms with Crippen LogP contribution in [0.1, 0.15) is 116 Å². The summed E-state index contributed by atoms with van der Waals surface area (Å²) in [5.74, 6) is -6.02. The van der Waals surface area contributed by atoms with Crippen molar-refractivity contribution in [3.63, 3.8) is 0 Å². The van der Waals surface area contributed by atoms with Crippen LogP contribution in [0.15, 0.2) is 177 Å². The predicted octanol–water partition coefficient (Wildman–Crippen LogP) is 16.1. The van der Waals surface area contributed by atoms with Crippen LogP contribution in [0.3, 0.4) is 0 Å². The first-order valence-electron chi connectivity index (χ1n) is 41.3. The maximum absolute atomic E-state index is 16.0. The van der Waals surface area contributed by atoms with Crippen LogP contribution in [0.4, 0.5) is 43.8 Å². The molecule has 3 amide bonds. The van der Waals surface area contributed by atoms with E-state index < -0.39 is 86.0 Å². The van der Waals surface area contributed by atoms with Crippen LogP contribution in [0.2, 0.25) is 0 Å². The Balaban J connectivity index is 0.000000164. The van der Waals surface area contributed by atoms with Crippen LogP contribution >= 0.6 is 35.3 Å². The number of benzene rings is 3. The minimum Gasteiger partial charge on any atom is -0.507 e. The van der Waals surface area contributed by atoms with Crippen LogP contribution in [0, 0.1) is 41.8 Å². The summed E-state index contributed by atoms with van der Waals surface area (Å²) in [6, 6.07) is 19.5. The molecule has 5 atom stereocenters. The fraction of sp³-hybridized carbons (Fsp3) is 0.323. The highest BCUT2D eigenvalue weighted by Crippen LogP contribution is 2.44. The van der Waals surface area contributed by atoms with Gasteiger partial charge in [0.1, 0.15) is 68.5 Å². The van der Waals surface area contributed by atoms with Crippen molar-refractivity contribution < 1.29 is 50.9 Å². The van der Waals surface area contributed by atoms with E-state index in [1.54, 1.807) is 69.9 Å². The van der Waals surface area contributed by atoms with Gasteiger partial charge in [0, 0.05) is 104 Å². The molecule has 0 bridgehead atoms. The summed E-state index contributed by atoms with van der Waals surface area (Å²) >= 11 is 4.01. The number of anilines is 3. The summed E-state index contributed by atoms with van der Waals surface area (Å²) in [4.78, 5) is 132. The Morgan fingerprint density at radius 3 is 1.25 bits per heavy atom. The number of pyridine rings is 6. The van der Waals surface area contributed by atoms with E-state index in [2.05, 4.69) is 59.6 Å². The average molecular weight is 1800 g/mol. The van der Waals surface area contributed by atoms with Gasteiger partial charge in [0.25, 0.3) is 0 Å².